The molecule has 0 radical (unpaired) electrons. The molecule has 1 aromatic heterocycles. The molecule has 2 aliphatic rings. The minimum Gasteiger partial charge on any atom is -0.507 e. The normalized spacial score (nSPS) is 17.9. The summed E-state index contributed by atoms with van der Waals surface area (Å²) in [7, 11) is 1.51. The van der Waals surface area contributed by atoms with Gasteiger partial charge in [0.1, 0.15) is 29.8 Å². The Bertz CT molecular complexity index is 1430. The lowest BCUT2D eigenvalue weighted by Crippen LogP contribution is -2.33. The first-order valence-corrected chi connectivity index (χ1v) is 12.2. The predicted molar refractivity (Wildman–Crippen MR) is 139 cm³/mol. The number of benzene rings is 1. The van der Waals surface area contributed by atoms with Crippen LogP contribution in [0.4, 0.5) is 0 Å². The summed E-state index contributed by atoms with van der Waals surface area (Å²) >= 11 is 0. The van der Waals surface area contributed by atoms with Crippen molar-refractivity contribution < 1.29 is 39.1 Å². The average Bonchev–Trinajstić information content (AvgIpc) is 3.53. The van der Waals surface area contributed by atoms with Crippen molar-refractivity contribution in [3.05, 3.63) is 78.7 Å². The number of carboxylic acids is 1. The van der Waals surface area contributed by atoms with Crippen molar-refractivity contribution >= 4 is 11.9 Å². The Hall–Kier alpha value is -4.16. The highest BCUT2D eigenvalue weighted by molar-refractivity contribution is 5.98. The van der Waals surface area contributed by atoms with E-state index < -0.39 is 35.5 Å². The zero-order chi connectivity index (χ0) is 28.9. The lowest BCUT2D eigenvalue weighted by atomic mass is 9.94. The Labute approximate surface area is 223 Å². The molecular formula is C27H32N2O10. The first-order valence-electron chi connectivity index (χ1n) is 12.2. The van der Waals surface area contributed by atoms with E-state index in [2.05, 4.69) is 4.98 Å². The molecular weight excluding hydrogens is 512 g/mol. The number of carboxylic acid groups (broad SMARTS) is 1. The van der Waals surface area contributed by atoms with E-state index >= 15 is 0 Å². The van der Waals surface area contributed by atoms with Gasteiger partial charge in [0, 0.05) is 29.3 Å². The fraction of sp³-hybridized carbons (Fsp3) is 0.407. The van der Waals surface area contributed by atoms with E-state index in [0.29, 0.717) is 35.3 Å². The highest BCUT2D eigenvalue weighted by Gasteiger charge is 2.31. The molecule has 2 aromatic rings. The summed E-state index contributed by atoms with van der Waals surface area (Å²) in [6.07, 6.45) is 6.50. The summed E-state index contributed by atoms with van der Waals surface area (Å²) in [5.74, 6) is -0.973. The standard InChI is InChI=1S/C17H20O6.C10H12N2O4/c1-9(5-7-13(18)19)4-6-11-15(20)14-12(8-23-17(14)21)10(2)16(11)22-3;1-6-4-12(10(15)11-9(6)14)8-3-2-7(5-13)16-8/h4,20H,5-8H2,1-3H3,(H,18,19);2-4,7-8,13H,5H2,1H3,(H,11,14,15)/b9-4+;/t;7-,8+/m.0/s1. The number of nitrogens with zero attached hydrogens (tertiary/aromatic N) is 1. The number of phenols is 1. The number of aliphatic hydroxyl groups excluding tert-OH is 1. The number of aliphatic carboxylic acids is 1. The topological polar surface area (TPSA) is 177 Å². The molecule has 39 heavy (non-hydrogen) atoms. The maximum atomic E-state index is 11.8. The maximum absolute atomic E-state index is 11.8. The van der Waals surface area contributed by atoms with Crippen molar-refractivity contribution in [3.63, 3.8) is 0 Å². The number of rotatable bonds is 8. The smallest absolute Gasteiger partial charge is 0.342 e. The highest BCUT2D eigenvalue weighted by Crippen LogP contribution is 2.42. The number of aryl methyl sites for hydroxylation is 1. The van der Waals surface area contributed by atoms with E-state index in [0.717, 1.165) is 11.1 Å². The Balaban J connectivity index is 0.000000230. The molecule has 4 rings (SSSR count). The number of aromatic amines is 1. The summed E-state index contributed by atoms with van der Waals surface area (Å²) < 4.78 is 17.0. The third-order valence-electron chi connectivity index (χ3n) is 6.44. The van der Waals surface area contributed by atoms with Crippen LogP contribution in [0.3, 0.4) is 0 Å². The molecule has 3 heterocycles. The molecule has 0 aliphatic carbocycles. The zero-order valence-corrected chi connectivity index (χ0v) is 22.1. The lowest BCUT2D eigenvalue weighted by Gasteiger charge is -2.15. The van der Waals surface area contributed by atoms with Crippen LogP contribution in [0, 0.1) is 13.8 Å². The second kappa shape index (κ2) is 12.6. The Morgan fingerprint density at radius 1 is 1.23 bits per heavy atom. The van der Waals surface area contributed by atoms with Gasteiger partial charge in [0.25, 0.3) is 5.56 Å². The summed E-state index contributed by atoms with van der Waals surface area (Å²) in [6.45, 7) is 5.27. The Morgan fingerprint density at radius 3 is 2.56 bits per heavy atom. The fourth-order valence-electron chi connectivity index (χ4n) is 4.24. The number of nitrogens with one attached hydrogen (secondary N) is 1. The minimum atomic E-state index is -0.853. The second-order valence-electron chi connectivity index (χ2n) is 9.17. The van der Waals surface area contributed by atoms with Gasteiger partial charge in [-0.05, 0) is 45.3 Å². The number of aromatic nitrogens is 2. The molecule has 0 bridgehead atoms. The van der Waals surface area contributed by atoms with Gasteiger partial charge in [-0.3, -0.25) is 19.1 Å². The van der Waals surface area contributed by atoms with Crippen LogP contribution in [0.2, 0.25) is 0 Å². The molecule has 12 heteroatoms. The zero-order valence-electron chi connectivity index (χ0n) is 22.1. The van der Waals surface area contributed by atoms with E-state index in [1.165, 1.54) is 17.9 Å². The number of carbonyl (C=O) groups excluding carboxylic acids is 1. The number of methoxy groups -OCH3 is 1. The van der Waals surface area contributed by atoms with Crippen LogP contribution in [-0.2, 0) is 27.3 Å². The number of phenolic OH excluding ortho intramolecular Hbond substituents is 1. The number of aliphatic hydroxyl groups is 1. The molecule has 0 amide bonds. The fourth-order valence-corrected chi connectivity index (χ4v) is 4.24. The number of hydrogen-bond acceptors (Lipinski definition) is 9. The van der Waals surface area contributed by atoms with Gasteiger partial charge >= 0.3 is 17.6 Å². The summed E-state index contributed by atoms with van der Waals surface area (Å²) in [6, 6.07) is 0. The van der Waals surface area contributed by atoms with E-state index in [9.17, 15) is 24.3 Å². The van der Waals surface area contributed by atoms with Crippen molar-refractivity contribution in [3.8, 4) is 11.5 Å². The van der Waals surface area contributed by atoms with Gasteiger partial charge in [-0.15, -0.1) is 0 Å². The minimum absolute atomic E-state index is 0.0565. The predicted octanol–water partition coefficient (Wildman–Crippen LogP) is 2.02. The number of allylic oxidation sites excluding steroid dienone is 2. The number of aromatic hydroxyl groups is 1. The van der Waals surface area contributed by atoms with Gasteiger partial charge in [0.2, 0.25) is 0 Å². The molecule has 0 saturated heterocycles. The van der Waals surface area contributed by atoms with Crippen LogP contribution in [0.25, 0.3) is 0 Å². The molecule has 0 fully saturated rings. The molecule has 210 valence electrons. The van der Waals surface area contributed by atoms with Crippen LogP contribution in [0.5, 0.6) is 11.5 Å². The van der Waals surface area contributed by atoms with Crippen molar-refractivity contribution in [2.24, 2.45) is 0 Å². The van der Waals surface area contributed by atoms with Crippen molar-refractivity contribution in [1.29, 1.82) is 0 Å². The van der Waals surface area contributed by atoms with Crippen LogP contribution < -0.4 is 16.0 Å². The van der Waals surface area contributed by atoms with Crippen LogP contribution in [0.15, 0.2) is 39.6 Å². The van der Waals surface area contributed by atoms with E-state index in [1.807, 2.05) is 19.9 Å². The first kappa shape index (κ1) is 29.4. The molecule has 0 unspecified atom stereocenters. The van der Waals surface area contributed by atoms with Crippen molar-refractivity contribution in [1.82, 2.24) is 9.55 Å². The monoisotopic (exact) mass is 544 g/mol. The molecule has 2 atom stereocenters. The summed E-state index contributed by atoms with van der Waals surface area (Å²) in [5, 5.41) is 28.0. The Morgan fingerprint density at radius 2 is 1.95 bits per heavy atom. The van der Waals surface area contributed by atoms with Crippen molar-refractivity contribution in [2.75, 3.05) is 13.7 Å². The van der Waals surface area contributed by atoms with Crippen LogP contribution in [-0.4, -0.2) is 56.6 Å². The average molecular weight is 545 g/mol. The summed E-state index contributed by atoms with van der Waals surface area (Å²) in [5.41, 5.74) is 2.55. The van der Waals surface area contributed by atoms with E-state index in [4.69, 9.17) is 24.4 Å². The van der Waals surface area contributed by atoms with Gasteiger partial charge in [-0.25, -0.2) is 9.59 Å². The molecule has 12 nitrogen and oxygen atoms in total. The molecule has 2 aliphatic heterocycles. The third kappa shape index (κ3) is 6.65. The van der Waals surface area contributed by atoms with Gasteiger partial charge in [0.05, 0.1) is 13.7 Å². The lowest BCUT2D eigenvalue weighted by molar-refractivity contribution is -0.136. The summed E-state index contributed by atoms with van der Waals surface area (Å²) in [4.78, 5) is 47.3. The number of fused-ring (bicyclic) bond motifs is 1. The quantitative estimate of drug-likeness (QED) is 0.284. The van der Waals surface area contributed by atoms with Gasteiger partial charge in [-0.2, -0.15) is 0 Å². The van der Waals surface area contributed by atoms with Gasteiger partial charge < -0.3 is 29.5 Å². The number of carbonyl (C=O) groups is 2. The van der Waals surface area contributed by atoms with Gasteiger partial charge in [-0.1, -0.05) is 17.7 Å². The second-order valence-corrected chi connectivity index (χ2v) is 9.17. The number of hydrogen-bond donors (Lipinski definition) is 4. The maximum Gasteiger partial charge on any atom is 0.342 e. The number of cyclic esters (lactones) is 1. The largest absolute Gasteiger partial charge is 0.507 e. The molecule has 1 aromatic carbocycles. The Kier molecular flexibility index (Phi) is 9.49. The molecule has 0 saturated carbocycles. The SMILES string of the molecule is COc1c(C)c2c(c(O)c1C/C=C(\C)CCC(=O)O)C(=O)OC2.Cc1cn([C@H]2C=C[C@@H](CO)O2)c(=O)[nH]c1=O. The number of H-pyrrole nitrogens is 1. The van der Waals surface area contributed by atoms with E-state index in [1.54, 1.807) is 19.1 Å². The third-order valence-corrected chi connectivity index (χ3v) is 6.44. The van der Waals surface area contributed by atoms with Gasteiger partial charge in [0.15, 0.2) is 6.23 Å². The molecule has 4 N–H and O–H groups in total. The first-order chi connectivity index (χ1) is 18.5. The van der Waals surface area contributed by atoms with Crippen LogP contribution >= 0.6 is 0 Å². The number of esters is 1. The highest BCUT2D eigenvalue weighted by atomic mass is 16.5. The molecule has 0 spiro atoms. The van der Waals surface area contributed by atoms with Crippen molar-refractivity contribution in [2.45, 2.75) is 59.0 Å². The number of ether oxygens (including phenoxy) is 3. The van der Waals surface area contributed by atoms with Crippen LogP contribution in [0.1, 0.15) is 58.6 Å². The van der Waals surface area contributed by atoms with E-state index in [-0.39, 0.29) is 30.9 Å².